The smallest absolute Gasteiger partial charge is 0.0182 e. The number of hydrogen-bond acceptors (Lipinski definition) is 1. The van der Waals surface area contributed by atoms with Crippen LogP contribution in [0.3, 0.4) is 0 Å². The Bertz CT molecular complexity index is 137. The molecule has 0 amide bonds. The number of hydrogen-bond donors (Lipinski definition) is 1. The van der Waals surface area contributed by atoms with Gasteiger partial charge in [-0.25, -0.2) is 0 Å². The molecule has 13 heavy (non-hydrogen) atoms. The maximum atomic E-state index is 6.49. The van der Waals surface area contributed by atoms with Crippen LogP contribution in [-0.2, 0) is 0 Å². The lowest BCUT2D eigenvalue weighted by molar-refractivity contribution is 0.185. The molecule has 1 saturated carbocycles. The molecule has 1 aliphatic carbocycles. The summed E-state index contributed by atoms with van der Waals surface area (Å²) in [5.74, 6) is 1.51. The highest BCUT2D eigenvalue weighted by molar-refractivity contribution is 4.94. The second-order valence-electron chi connectivity index (χ2n) is 4.86. The Kier molecular flexibility index (Phi) is 3.78. The molecule has 0 aromatic rings. The van der Waals surface area contributed by atoms with E-state index in [4.69, 9.17) is 5.73 Å². The molecule has 2 N–H and O–H groups in total. The maximum absolute atomic E-state index is 6.49. The molecule has 0 spiro atoms. The van der Waals surface area contributed by atoms with Gasteiger partial charge in [0.1, 0.15) is 0 Å². The molecule has 1 atom stereocenters. The van der Waals surface area contributed by atoms with Gasteiger partial charge in [0, 0.05) is 5.54 Å². The van der Waals surface area contributed by atoms with Crippen molar-refractivity contribution in [3.05, 3.63) is 0 Å². The van der Waals surface area contributed by atoms with Gasteiger partial charge in [-0.3, -0.25) is 0 Å². The van der Waals surface area contributed by atoms with Crippen LogP contribution >= 0.6 is 0 Å². The molecule has 0 aromatic heterocycles. The lowest BCUT2D eigenvalue weighted by atomic mass is 9.73. The summed E-state index contributed by atoms with van der Waals surface area (Å²) in [5, 5.41) is 0. The van der Waals surface area contributed by atoms with E-state index in [1.54, 1.807) is 0 Å². The third-order valence-corrected chi connectivity index (χ3v) is 4.10. The van der Waals surface area contributed by atoms with Crippen molar-refractivity contribution in [2.45, 2.75) is 64.8 Å². The van der Waals surface area contributed by atoms with Crippen LogP contribution in [0, 0.1) is 11.8 Å². The van der Waals surface area contributed by atoms with E-state index in [0.29, 0.717) is 0 Å². The van der Waals surface area contributed by atoms with Gasteiger partial charge < -0.3 is 5.73 Å². The molecule has 0 saturated heterocycles. The van der Waals surface area contributed by atoms with Gasteiger partial charge in [-0.2, -0.15) is 0 Å². The Hall–Kier alpha value is -0.0400. The van der Waals surface area contributed by atoms with Crippen LogP contribution in [0.4, 0.5) is 0 Å². The maximum Gasteiger partial charge on any atom is 0.0182 e. The minimum absolute atomic E-state index is 0.0972. The van der Waals surface area contributed by atoms with Gasteiger partial charge in [0.05, 0.1) is 0 Å². The molecule has 1 nitrogen and oxygen atoms in total. The molecule has 0 radical (unpaired) electrons. The molecule has 0 aliphatic heterocycles. The third kappa shape index (κ3) is 2.25. The Morgan fingerprint density at radius 3 is 2.08 bits per heavy atom. The van der Waals surface area contributed by atoms with Crippen LogP contribution in [0.2, 0.25) is 0 Å². The fourth-order valence-corrected chi connectivity index (χ4v) is 3.05. The van der Waals surface area contributed by atoms with Crippen molar-refractivity contribution < 1.29 is 0 Å². The predicted octanol–water partition coefficient (Wildman–Crippen LogP) is 3.33. The zero-order valence-corrected chi connectivity index (χ0v) is 9.47. The van der Waals surface area contributed by atoms with Crippen molar-refractivity contribution in [3.63, 3.8) is 0 Å². The lowest BCUT2D eigenvalue weighted by Gasteiger charge is -2.38. The van der Waals surface area contributed by atoms with Gasteiger partial charge in [-0.15, -0.1) is 0 Å². The second kappa shape index (κ2) is 4.45. The minimum atomic E-state index is 0.0972. The molecule has 1 rings (SSSR count). The summed E-state index contributed by atoms with van der Waals surface area (Å²) in [7, 11) is 0. The van der Waals surface area contributed by atoms with Crippen LogP contribution in [0.25, 0.3) is 0 Å². The van der Waals surface area contributed by atoms with Crippen molar-refractivity contribution in [2.75, 3.05) is 0 Å². The first-order valence-corrected chi connectivity index (χ1v) is 5.91. The van der Waals surface area contributed by atoms with Gasteiger partial charge in [0.15, 0.2) is 0 Å². The Morgan fingerprint density at radius 2 is 1.69 bits per heavy atom. The zero-order chi connectivity index (χ0) is 9.90. The summed E-state index contributed by atoms with van der Waals surface area (Å²) in [5.41, 5.74) is 6.58. The molecular weight excluding hydrogens is 158 g/mol. The normalized spacial score (nSPS) is 23.8. The minimum Gasteiger partial charge on any atom is -0.325 e. The quantitative estimate of drug-likeness (QED) is 0.711. The van der Waals surface area contributed by atoms with Crippen molar-refractivity contribution in [2.24, 2.45) is 17.6 Å². The molecule has 1 fully saturated rings. The van der Waals surface area contributed by atoms with Crippen molar-refractivity contribution in [3.8, 4) is 0 Å². The first kappa shape index (κ1) is 11.0. The van der Waals surface area contributed by atoms with Crippen LogP contribution in [0.1, 0.15) is 59.3 Å². The van der Waals surface area contributed by atoms with Crippen molar-refractivity contribution >= 4 is 0 Å². The second-order valence-corrected chi connectivity index (χ2v) is 4.86. The van der Waals surface area contributed by atoms with E-state index in [1.165, 1.54) is 38.5 Å². The summed E-state index contributed by atoms with van der Waals surface area (Å²) in [4.78, 5) is 0. The van der Waals surface area contributed by atoms with E-state index in [-0.39, 0.29) is 5.54 Å². The average molecular weight is 183 g/mol. The van der Waals surface area contributed by atoms with E-state index in [2.05, 4.69) is 20.8 Å². The highest BCUT2D eigenvalue weighted by Gasteiger charge is 2.37. The zero-order valence-electron chi connectivity index (χ0n) is 9.47. The van der Waals surface area contributed by atoms with Crippen molar-refractivity contribution in [1.82, 2.24) is 0 Å². The standard InChI is InChI=1S/C12H25N/c1-4-10(5-2)12(3,13)11-8-6-7-9-11/h10-11H,4-9,13H2,1-3H3. The van der Waals surface area contributed by atoms with E-state index >= 15 is 0 Å². The molecule has 0 heterocycles. The molecular formula is C12H25N. The van der Waals surface area contributed by atoms with E-state index < -0.39 is 0 Å². The van der Waals surface area contributed by atoms with Gasteiger partial charge >= 0.3 is 0 Å². The monoisotopic (exact) mass is 183 g/mol. The fourth-order valence-electron chi connectivity index (χ4n) is 3.05. The fraction of sp³-hybridized carbons (Fsp3) is 1.00. The summed E-state index contributed by atoms with van der Waals surface area (Å²) in [6.07, 6.45) is 8.00. The summed E-state index contributed by atoms with van der Waals surface area (Å²) < 4.78 is 0. The number of rotatable bonds is 4. The van der Waals surface area contributed by atoms with Crippen LogP contribution in [0.15, 0.2) is 0 Å². The molecule has 1 heteroatoms. The summed E-state index contributed by atoms with van der Waals surface area (Å²) in [6, 6.07) is 0. The Balaban J connectivity index is 2.60. The Labute approximate surface area is 83.1 Å². The third-order valence-electron chi connectivity index (χ3n) is 4.10. The highest BCUT2D eigenvalue weighted by atomic mass is 14.8. The molecule has 0 bridgehead atoms. The molecule has 1 unspecified atom stereocenters. The van der Waals surface area contributed by atoms with Gasteiger partial charge in [0.2, 0.25) is 0 Å². The first-order chi connectivity index (χ1) is 6.12. The SMILES string of the molecule is CCC(CC)C(C)(N)C1CCCC1. The van der Waals surface area contributed by atoms with Gasteiger partial charge in [-0.05, 0) is 31.6 Å². The summed E-state index contributed by atoms with van der Waals surface area (Å²) >= 11 is 0. The first-order valence-electron chi connectivity index (χ1n) is 5.91. The molecule has 0 aromatic carbocycles. The molecule has 1 aliphatic rings. The molecule has 78 valence electrons. The van der Waals surface area contributed by atoms with E-state index in [0.717, 1.165) is 11.8 Å². The largest absolute Gasteiger partial charge is 0.325 e. The van der Waals surface area contributed by atoms with Gasteiger partial charge in [-0.1, -0.05) is 39.5 Å². The van der Waals surface area contributed by atoms with E-state index in [9.17, 15) is 0 Å². The van der Waals surface area contributed by atoms with Crippen LogP contribution < -0.4 is 5.73 Å². The topological polar surface area (TPSA) is 26.0 Å². The Morgan fingerprint density at radius 1 is 1.23 bits per heavy atom. The van der Waals surface area contributed by atoms with Gasteiger partial charge in [0.25, 0.3) is 0 Å². The van der Waals surface area contributed by atoms with E-state index in [1.807, 2.05) is 0 Å². The average Bonchev–Trinajstić information content (AvgIpc) is 2.58. The highest BCUT2D eigenvalue weighted by Crippen LogP contribution is 2.38. The van der Waals surface area contributed by atoms with Crippen LogP contribution in [0.5, 0.6) is 0 Å². The van der Waals surface area contributed by atoms with Crippen molar-refractivity contribution in [1.29, 1.82) is 0 Å². The van der Waals surface area contributed by atoms with Crippen LogP contribution in [-0.4, -0.2) is 5.54 Å². The predicted molar refractivity (Wildman–Crippen MR) is 58.6 cm³/mol. The lowest BCUT2D eigenvalue weighted by Crippen LogP contribution is -2.49. The summed E-state index contributed by atoms with van der Waals surface area (Å²) in [6.45, 7) is 6.82. The number of nitrogens with two attached hydrogens (primary N) is 1.